The van der Waals surface area contributed by atoms with Crippen molar-refractivity contribution >= 4 is 67.2 Å². The van der Waals surface area contributed by atoms with Crippen LogP contribution in [0.2, 0.25) is 0 Å². The summed E-state index contributed by atoms with van der Waals surface area (Å²) < 4.78 is 0. The molecule has 0 saturated carbocycles. The third-order valence-corrected chi connectivity index (χ3v) is 18.0. The van der Waals surface area contributed by atoms with Crippen LogP contribution in [0.1, 0.15) is 98.6 Å². The Bertz CT molecular complexity index is 3910. The Morgan fingerprint density at radius 3 is 1.52 bits per heavy atom. The van der Waals surface area contributed by atoms with Gasteiger partial charge in [-0.2, -0.15) is 0 Å². The molecule has 0 fully saturated rings. The van der Waals surface area contributed by atoms with Crippen LogP contribution in [0.25, 0.3) is 55.6 Å². The van der Waals surface area contributed by atoms with E-state index < -0.39 is 0 Å². The summed E-state index contributed by atoms with van der Waals surface area (Å²) in [5, 5.41) is 7.80. The molecule has 2 heterocycles. The number of aryl methyl sites for hydroxylation is 2. The number of benzene rings is 8. The molecule has 0 N–H and O–H groups in total. The summed E-state index contributed by atoms with van der Waals surface area (Å²) in [5.41, 5.74) is 25.0. The average molecular weight is 941 g/mol. The predicted molar refractivity (Wildman–Crippen MR) is 309 cm³/mol. The minimum absolute atomic E-state index is 0.157. The standard InChI is InChI=1S/C71H60N2/c1-71(2)65-34-46(22-31-63(65)64-32-30-62(44-66(64)71)73-69-42-53-17-9-5-13-49(53)37-59(69)26-27-60-38-50-14-6-10-18-54(50)43-70(60)73)20-19-45-21-23-56-39-61(29-28-55(56)33-45)72-67-40-51-15-7-3-11-47(51)35-57(67)24-25-58-36-48-12-4-8-16-52(48)41-68(58)72/h3-7,9,11-15,17,19-23,28-40,42,44,52,54H,8,10,16,18,24-27,41,43H2,1-2H3/b20-19+. The van der Waals surface area contributed by atoms with Gasteiger partial charge in [0.1, 0.15) is 0 Å². The number of rotatable bonds is 4. The van der Waals surface area contributed by atoms with Gasteiger partial charge >= 0.3 is 0 Å². The van der Waals surface area contributed by atoms with Gasteiger partial charge in [0.05, 0.1) is 0 Å². The molecule has 354 valence electrons. The molecular weight excluding hydrogens is 881 g/mol. The van der Waals surface area contributed by atoms with Crippen LogP contribution in [0.15, 0.2) is 216 Å². The molecule has 0 amide bonds. The van der Waals surface area contributed by atoms with E-state index in [2.05, 4.69) is 218 Å². The monoisotopic (exact) mass is 940 g/mol. The predicted octanol–water partition coefficient (Wildman–Crippen LogP) is 18.9. The molecule has 0 spiro atoms. The van der Waals surface area contributed by atoms with Crippen molar-refractivity contribution in [2.24, 2.45) is 11.8 Å². The number of hydrogen-bond donors (Lipinski definition) is 0. The molecule has 2 aliphatic heterocycles. The summed E-state index contributed by atoms with van der Waals surface area (Å²) in [6, 6.07) is 56.3. The zero-order valence-electron chi connectivity index (χ0n) is 42.1. The van der Waals surface area contributed by atoms with Gasteiger partial charge in [0.25, 0.3) is 0 Å². The van der Waals surface area contributed by atoms with Crippen LogP contribution >= 0.6 is 0 Å². The summed E-state index contributed by atoms with van der Waals surface area (Å²) in [6.45, 7) is 4.87. The van der Waals surface area contributed by atoms with Gasteiger partial charge < -0.3 is 9.80 Å². The van der Waals surface area contributed by atoms with E-state index in [4.69, 9.17) is 0 Å². The first-order chi connectivity index (χ1) is 35.9. The smallest absolute Gasteiger partial charge is 0.0497 e. The molecule has 0 aromatic heterocycles. The number of fused-ring (bicyclic) bond motifs is 10. The molecule has 2 nitrogen and oxygen atoms in total. The molecule has 8 aromatic carbocycles. The van der Waals surface area contributed by atoms with Crippen molar-refractivity contribution in [3.63, 3.8) is 0 Å². The quantitative estimate of drug-likeness (QED) is 0.162. The molecule has 0 radical (unpaired) electrons. The molecule has 2 heteroatoms. The maximum atomic E-state index is 2.67. The van der Waals surface area contributed by atoms with Crippen molar-refractivity contribution in [3.05, 3.63) is 249 Å². The third-order valence-electron chi connectivity index (χ3n) is 18.0. The van der Waals surface area contributed by atoms with Gasteiger partial charge in [0.15, 0.2) is 0 Å². The first-order valence-electron chi connectivity index (χ1n) is 27.2. The minimum Gasteiger partial charge on any atom is -0.314 e. The van der Waals surface area contributed by atoms with Gasteiger partial charge in [-0.25, -0.2) is 0 Å². The van der Waals surface area contributed by atoms with Gasteiger partial charge in [-0.3, -0.25) is 0 Å². The highest BCUT2D eigenvalue weighted by atomic mass is 15.2. The van der Waals surface area contributed by atoms with Gasteiger partial charge in [-0.05, 0) is 230 Å². The number of nitrogens with zero attached hydrogens (tertiary/aromatic N) is 2. The molecule has 0 bridgehead atoms. The van der Waals surface area contributed by atoms with E-state index in [0.717, 1.165) is 38.5 Å². The summed E-state index contributed by atoms with van der Waals surface area (Å²) in [7, 11) is 0. The SMILES string of the molecule is CC1(C)c2cc(/C=C/c3ccc4cc(N5C6=C(C=C7C=CCCC7C6)CCc6cc7ccccc7cc65)ccc4c3)ccc2-c2ccc(N3C4=C(C=C5C=CCCC5C4)CCc4cc5ccccc5cc43)cc21. The van der Waals surface area contributed by atoms with E-state index in [0.29, 0.717) is 11.8 Å². The van der Waals surface area contributed by atoms with Crippen LogP contribution in [-0.4, -0.2) is 0 Å². The van der Waals surface area contributed by atoms with E-state index in [1.165, 1.54) is 159 Å². The lowest BCUT2D eigenvalue weighted by atomic mass is 9.79. The molecule has 15 rings (SSSR count). The largest absolute Gasteiger partial charge is 0.314 e. The normalized spacial score (nSPS) is 20.4. The van der Waals surface area contributed by atoms with E-state index in [1.807, 2.05) is 0 Å². The topological polar surface area (TPSA) is 6.48 Å². The Labute approximate surface area is 430 Å². The lowest BCUT2D eigenvalue weighted by Crippen LogP contribution is -2.24. The van der Waals surface area contributed by atoms with Gasteiger partial charge in [-0.15, -0.1) is 0 Å². The summed E-state index contributed by atoms with van der Waals surface area (Å²) >= 11 is 0. The zero-order valence-corrected chi connectivity index (χ0v) is 42.1. The Kier molecular flexibility index (Phi) is 9.82. The summed E-state index contributed by atoms with van der Waals surface area (Å²) in [4.78, 5) is 5.31. The molecular formula is C71H60N2. The lowest BCUT2D eigenvalue weighted by molar-refractivity contribution is 0.542. The van der Waals surface area contributed by atoms with E-state index in [9.17, 15) is 0 Å². The maximum absolute atomic E-state index is 2.67. The van der Waals surface area contributed by atoms with Crippen LogP contribution in [0.3, 0.4) is 0 Å². The van der Waals surface area contributed by atoms with Crippen LogP contribution in [0, 0.1) is 11.8 Å². The van der Waals surface area contributed by atoms with Crippen LogP contribution < -0.4 is 9.80 Å². The Morgan fingerprint density at radius 2 is 0.918 bits per heavy atom. The van der Waals surface area contributed by atoms with Crippen molar-refractivity contribution in [3.8, 4) is 11.1 Å². The van der Waals surface area contributed by atoms with Crippen molar-refractivity contribution in [2.75, 3.05) is 9.80 Å². The number of anilines is 4. The number of hydrogen-bond acceptors (Lipinski definition) is 2. The first kappa shape index (κ1) is 43.0. The van der Waals surface area contributed by atoms with Crippen molar-refractivity contribution in [2.45, 2.75) is 83.5 Å². The fraction of sp³-hybridized carbons (Fsp3) is 0.211. The highest BCUT2D eigenvalue weighted by molar-refractivity contribution is 5.95. The molecule has 0 saturated heterocycles. The van der Waals surface area contributed by atoms with Gasteiger partial charge in [0.2, 0.25) is 0 Å². The molecule has 5 aliphatic carbocycles. The fourth-order valence-corrected chi connectivity index (χ4v) is 14.1. The molecule has 8 aromatic rings. The Hall–Kier alpha value is -7.68. The van der Waals surface area contributed by atoms with Gasteiger partial charge in [0, 0.05) is 39.6 Å². The zero-order chi connectivity index (χ0) is 48.4. The Morgan fingerprint density at radius 1 is 0.452 bits per heavy atom. The van der Waals surface area contributed by atoms with Crippen LogP contribution in [-0.2, 0) is 18.3 Å². The molecule has 2 unspecified atom stereocenters. The lowest BCUT2D eigenvalue weighted by Gasteiger charge is -2.36. The van der Waals surface area contributed by atoms with Crippen molar-refractivity contribution < 1.29 is 0 Å². The van der Waals surface area contributed by atoms with E-state index in [-0.39, 0.29) is 5.41 Å². The number of allylic oxidation sites excluding steroid dienone is 12. The third kappa shape index (κ3) is 7.12. The molecule has 2 atom stereocenters. The summed E-state index contributed by atoms with van der Waals surface area (Å²) in [5.74, 6) is 1.16. The highest BCUT2D eigenvalue weighted by Gasteiger charge is 2.38. The second-order valence-corrected chi connectivity index (χ2v) is 22.6. The van der Waals surface area contributed by atoms with Gasteiger partial charge in [-0.1, -0.05) is 153 Å². The Balaban J connectivity index is 0.747. The average Bonchev–Trinajstić information content (AvgIpc) is 3.53. The first-order valence-corrected chi connectivity index (χ1v) is 27.2. The van der Waals surface area contributed by atoms with Crippen molar-refractivity contribution in [1.29, 1.82) is 0 Å². The highest BCUT2D eigenvalue weighted by Crippen LogP contribution is 2.53. The molecule has 7 aliphatic rings. The minimum atomic E-state index is -0.157. The molecule has 73 heavy (non-hydrogen) atoms. The summed E-state index contributed by atoms with van der Waals surface area (Å²) in [6.07, 6.45) is 30.5. The fourth-order valence-electron chi connectivity index (χ4n) is 14.1. The second-order valence-electron chi connectivity index (χ2n) is 22.6. The van der Waals surface area contributed by atoms with E-state index in [1.54, 1.807) is 0 Å². The van der Waals surface area contributed by atoms with Crippen molar-refractivity contribution in [1.82, 2.24) is 0 Å². The van der Waals surface area contributed by atoms with E-state index >= 15 is 0 Å². The van der Waals surface area contributed by atoms with Crippen LogP contribution in [0.4, 0.5) is 22.7 Å². The maximum Gasteiger partial charge on any atom is 0.0497 e. The second kappa shape index (κ2) is 16.7. The van der Waals surface area contributed by atoms with Crippen LogP contribution in [0.5, 0.6) is 0 Å².